The third-order valence-corrected chi connectivity index (χ3v) is 5.95. The van der Waals surface area contributed by atoms with Gasteiger partial charge in [0.1, 0.15) is 6.04 Å². The Morgan fingerprint density at radius 3 is 2.80 bits per heavy atom. The first-order chi connectivity index (χ1) is 14.6. The quantitative estimate of drug-likeness (QED) is 0.504. The van der Waals surface area contributed by atoms with Crippen LogP contribution in [0.25, 0.3) is 11.0 Å². The van der Waals surface area contributed by atoms with E-state index in [9.17, 15) is 14.4 Å². The summed E-state index contributed by atoms with van der Waals surface area (Å²) in [6.45, 7) is 3.93. The number of aromatic nitrogens is 3. The molecule has 2 saturated heterocycles. The fraction of sp³-hybridized carbons (Fsp3) is 0.500. The minimum Gasteiger partial charge on any atom is -0.381 e. The van der Waals surface area contributed by atoms with Crippen LogP contribution in [0, 0.1) is 0 Å². The van der Waals surface area contributed by atoms with Gasteiger partial charge in [0.25, 0.3) is 17.1 Å². The van der Waals surface area contributed by atoms with Gasteiger partial charge in [-0.1, -0.05) is 11.8 Å². The molecular formula is C18H23N7O4S. The maximum absolute atomic E-state index is 12.9. The first kappa shape index (κ1) is 20.4. The topological polar surface area (TPSA) is 139 Å². The number of hydrogen-bond donors (Lipinski definition) is 4. The van der Waals surface area contributed by atoms with Crippen molar-refractivity contribution in [3.63, 3.8) is 0 Å². The summed E-state index contributed by atoms with van der Waals surface area (Å²) in [7, 11) is 0. The number of amides is 3. The van der Waals surface area contributed by atoms with E-state index >= 15 is 0 Å². The van der Waals surface area contributed by atoms with Crippen molar-refractivity contribution in [2.45, 2.75) is 38.4 Å². The lowest BCUT2D eigenvalue weighted by atomic mass is 10.1. The van der Waals surface area contributed by atoms with Gasteiger partial charge in [0, 0.05) is 37.8 Å². The van der Waals surface area contributed by atoms with E-state index in [2.05, 4.69) is 31.6 Å². The zero-order valence-electron chi connectivity index (χ0n) is 16.4. The van der Waals surface area contributed by atoms with Crippen LogP contribution >= 0.6 is 11.8 Å². The molecule has 2 aliphatic rings. The van der Waals surface area contributed by atoms with Gasteiger partial charge in [-0.15, -0.1) is 0 Å². The van der Waals surface area contributed by atoms with E-state index in [-0.39, 0.29) is 11.3 Å². The molecule has 11 nitrogen and oxygen atoms in total. The molecule has 2 fully saturated rings. The van der Waals surface area contributed by atoms with Gasteiger partial charge in [0.2, 0.25) is 0 Å². The number of nitrogens with zero attached hydrogens (tertiary/aromatic N) is 3. The molecule has 1 unspecified atom stereocenters. The number of hydrogen-bond acceptors (Lipinski definition) is 8. The number of pyridine rings is 1. The zero-order valence-corrected chi connectivity index (χ0v) is 17.3. The Bertz CT molecular complexity index is 973. The number of aryl methyl sites for hydroxylation is 1. The van der Waals surface area contributed by atoms with Crippen molar-refractivity contribution >= 4 is 45.5 Å². The maximum atomic E-state index is 12.9. The van der Waals surface area contributed by atoms with Crippen LogP contribution in [0.5, 0.6) is 0 Å². The van der Waals surface area contributed by atoms with Crippen molar-refractivity contribution in [3.05, 3.63) is 18.0 Å². The molecule has 4 N–H and O–H groups in total. The molecule has 160 valence electrons. The Labute approximate surface area is 176 Å². The highest BCUT2D eigenvalue weighted by Gasteiger charge is 2.29. The summed E-state index contributed by atoms with van der Waals surface area (Å²) in [4.78, 5) is 40.7. The molecule has 12 heteroatoms. The molecule has 3 amide bonds. The Morgan fingerprint density at radius 1 is 1.30 bits per heavy atom. The molecule has 0 radical (unpaired) electrons. The molecule has 30 heavy (non-hydrogen) atoms. The van der Waals surface area contributed by atoms with Gasteiger partial charge in [-0.2, -0.15) is 5.10 Å². The Kier molecular flexibility index (Phi) is 6.04. The molecular weight excluding hydrogens is 410 g/mol. The van der Waals surface area contributed by atoms with Gasteiger partial charge in [0.05, 0.1) is 22.8 Å². The summed E-state index contributed by atoms with van der Waals surface area (Å²) in [5.74, 6) is -0.664. The first-order valence-corrected chi connectivity index (χ1v) is 10.8. The van der Waals surface area contributed by atoms with Crippen molar-refractivity contribution in [1.29, 1.82) is 0 Å². The largest absolute Gasteiger partial charge is 0.381 e. The lowest BCUT2D eigenvalue weighted by Gasteiger charge is -2.25. The summed E-state index contributed by atoms with van der Waals surface area (Å²) in [6, 6.07) is -0.521. The van der Waals surface area contributed by atoms with Gasteiger partial charge in [-0.3, -0.25) is 25.2 Å². The van der Waals surface area contributed by atoms with Gasteiger partial charge in [-0.25, -0.2) is 9.67 Å². The standard InChI is InChI=1S/C18H23N7O4S/c1-2-25-15-11(8-20-25)14(21-10-3-5-29-6-4-10)12(7-19-15)16(26)23-24-17(27)13-9-30-18(28)22-13/h7-8,10,13H,2-6,9H2,1H3,(H,19,21)(H,22,28)(H,23,26)(H,24,27). The molecule has 4 rings (SSSR count). The number of ether oxygens (including phenoxy) is 1. The number of nitrogens with one attached hydrogen (secondary N) is 4. The molecule has 0 aliphatic carbocycles. The van der Waals surface area contributed by atoms with Crippen molar-refractivity contribution < 1.29 is 19.1 Å². The van der Waals surface area contributed by atoms with Crippen LogP contribution in [-0.2, 0) is 16.1 Å². The maximum Gasteiger partial charge on any atom is 0.279 e. The Balaban J connectivity index is 1.55. The second kappa shape index (κ2) is 8.88. The summed E-state index contributed by atoms with van der Waals surface area (Å²) in [5.41, 5.74) is 6.41. The van der Waals surface area contributed by atoms with Crippen molar-refractivity contribution in [2.24, 2.45) is 0 Å². The van der Waals surface area contributed by atoms with Crippen LogP contribution in [0.15, 0.2) is 12.4 Å². The zero-order chi connectivity index (χ0) is 21.1. The molecule has 0 bridgehead atoms. The molecule has 1 atom stereocenters. The fourth-order valence-electron chi connectivity index (χ4n) is 3.43. The lowest BCUT2D eigenvalue weighted by Crippen LogP contribution is -2.50. The smallest absolute Gasteiger partial charge is 0.279 e. The monoisotopic (exact) mass is 433 g/mol. The molecule has 2 aliphatic heterocycles. The van der Waals surface area contributed by atoms with Crippen molar-refractivity contribution in [1.82, 2.24) is 30.9 Å². The van der Waals surface area contributed by atoms with Crippen molar-refractivity contribution in [3.8, 4) is 0 Å². The highest BCUT2D eigenvalue weighted by molar-refractivity contribution is 8.14. The number of fused-ring (bicyclic) bond motifs is 1. The number of carbonyl (C=O) groups excluding carboxylic acids is 3. The molecule has 2 aromatic heterocycles. The van der Waals surface area contributed by atoms with Crippen LogP contribution in [0.2, 0.25) is 0 Å². The van der Waals surface area contributed by atoms with E-state index in [1.54, 1.807) is 10.9 Å². The number of carbonyl (C=O) groups is 3. The van der Waals surface area contributed by atoms with Crippen LogP contribution in [0.4, 0.5) is 10.5 Å². The van der Waals surface area contributed by atoms with E-state index in [1.165, 1.54) is 6.20 Å². The van der Waals surface area contributed by atoms with Crippen molar-refractivity contribution in [2.75, 3.05) is 24.3 Å². The summed E-state index contributed by atoms with van der Waals surface area (Å²) >= 11 is 1.03. The van der Waals surface area contributed by atoms with Gasteiger partial charge in [0.15, 0.2) is 5.65 Å². The summed E-state index contributed by atoms with van der Waals surface area (Å²) in [5, 5.41) is 10.8. The molecule has 2 aromatic rings. The van der Waals surface area contributed by atoms with Crippen LogP contribution < -0.4 is 21.5 Å². The minimum atomic E-state index is -0.675. The third kappa shape index (κ3) is 4.19. The van der Waals surface area contributed by atoms with Crippen LogP contribution in [0.3, 0.4) is 0 Å². The normalized spacial score (nSPS) is 19.5. The van der Waals surface area contributed by atoms with Gasteiger partial charge < -0.3 is 15.4 Å². The molecule has 0 spiro atoms. The summed E-state index contributed by atoms with van der Waals surface area (Å²) < 4.78 is 7.18. The lowest BCUT2D eigenvalue weighted by molar-refractivity contribution is -0.123. The van der Waals surface area contributed by atoms with Crippen LogP contribution in [0.1, 0.15) is 30.1 Å². The average molecular weight is 433 g/mol. The third-order valence-electron chi connectivity index (χ3n) is 5.07. The number of hydrazine groups is 1. The van der Waals surface area contributed by atoms with E-state index < -0.39 is 17.9 Å². The van der Waals surface area contributed by atoms with E-state index in [0.717, 1.165) is 30.0 Å². The summed E-state index contributed by atoms with van der Waals surface area (Å²) in [6.07, 6.45) is 4.81. The highest BCUT2D eigenvalue weighted by atomic mass is 32.2. The first-order valence-electron chi connectivity index (χ1n) is 9.79. The molecule has 4 heterocycles. The minimum absolute atomic E-state index is 0.154. The number of anilines is 1. The number of rotatable bonds is 5. The van der Waals surface area contributed by atoms with Gasteiger partial charge in [-0.05, 0) is 19.8 Å². The van der Waals surface area contributed by atoms with E-state index in [0.29, 0.717) is 42.4 Å². The second-order valence-electron chi connectivity index (χ2n) is 7.01. The predicted octanol–water partition coefficient (Wildman–Crippen LogP) is 0.628. The Hall–Kier alpha value is -2.86. The van der Waals surface area contributed by atoms with Crippen LogP contribution in [-0.4, -0.2) is 62.9 Å². The average Bonchev–Trinajstić information content (AvgIpc) is 3.39. The molecule has 0 aromatic carbocycles. The second-order valence-corrected chi connectivity index (χ2v) is 8.01. The Morgan fingerprint density at radius 2 is 2.10 bits per heavy atom. The predicted molar refractivity (Wildman–Crippen MR) is 111 cm³/mol. The van der Waals surface area contributed by atoms with Gasteiger partial charge >= 0.3 is 0 Å². The SMILES string of the molecule is CCn1ncc2c(NC3CCOCC3)c(C(=O)NNC(=O)C3CSC(=O)N3)cnc21. The fourth-order valence-corrected chi connectivity index (χ4v) is 4.21. The highest BCUT2D eigenvalue weighted by Crippen LogP contribution is 2.28. The van der Waals surface area contributed by atoms with E-state index in [1.807, 2.05) is 6.92 Å². The number of thioether (sulfide) groups is 1. The molecule has 0 saturated carbocycles. The van der Waals surface area contributed by atoms with E-state index in [4.69, 9.17) is 4.74 Å².